The van der Waals surface area contributed by atoms with Crippen molar-refractivity contribution in [3.8, 4) is 0 Å². The van der Waals surface area contributed by atoms with Crippen LogP contribution in [0.25, 0.3) is 0 Å². The zero-order chi connectivity index (χ0) is 11.9. The Balaban J connectivity index is 1.73. The Morgan fingerprint density at radius 2 is 2.18 bits per heavy atom. The van der Waals surface area contributed by atoms with Crippen LogP contribution >= 0.6 is 11.3 Å². The van der Waals surface area contributed by atoms with Crippen molar-refractivity contribution in [3.05, 3.63) is 22.4 Å². The first-order valence-corrected chi connectivity index (χ1v) is 7.84. The maximum atomic E-state index is 3.98. The molecule has 1 N–H and O–H groups in total. The van der Waals surface area contributed by atoms with Crippen molar-refractivity contribution < 1.29 is 0 Å². The summed E-state index contributed by atoms with van der Waals surface area (Å²) in [6.07, 6.45) is 6.98. The Morgan fingerprint density at radius 1 is 1.35 bits per heavy atom. The third-order valence-electron chi connectivity index (χ3n) is 4.58. The van der Waals surface area contributed by atoms with Crippen molar-refractivity contribution in [2.45, 2.75) is 58.0 Å². The van der Waals surface area contributed by atoms with Crippen LogP contribution < -0.4 is 5.32 Å². The van der Waals surface area contributed by atoms with Crippen molar-refractivity contribution in [1.29, 1.82) is 0 Å². The fourth-order valence-corrected chi connectivity index (χ4v) is 4.08. The minimum atomic E-state index is 0.490. The monoisotopic (exact) mass is 249 g/mol. The summed E-state index contributed by atoms with van der Waals surface area (Å²) < 4.78 is 0. The highest BCUT2D eigenvalue weighted by Gasteiger charge is 2.40. The van der Waals surface area contributed by atoms with Crippen LogP contribution in [0.15, 0.2) is 17.5 Å². The van der Waals surface area contributed by atoms with Gasteiger partial charge in [0.2, 0.25) is 0 Å². The highest BCUT2D eigenvalue weighted by atomic mass is 32.1. The fraction of sp³-hybridized carbons (Fsp3) is 0.733. The maximum Gasteiger partial charge on any atom is 0.0445 e. The molecule has 2 fully saturated rings. The molecule has 0 bridgehead atoms. The number of rotatable bonds is 4. The lowest BCUT2D eigenvalue weighted by molar-refractivity contribution is 0.254. The minimum absolute atomic E-state index is 0.490. The first-order chi connectivity index (χ1) is 8.17. The molecule has 1 aromatic rings. The summed E-state index contributed by atoms with van der Waals surface area (Å²) in [7, 11) is 0. The smallest absolute Gasteiger partial charge is 0.0445 e. The van der Waals surface area contributed by atoms with Crippen molar-refractivity contribution in [2.75, 3.05) is 0 Å². The zero-order valence-corrected chi connectivity index (χ0v) is 11.7. The van der Waals surface area contributed by atoms with Gasteiger partial charge in [-0.05, 0) is 48.5 Å². The van der Waals surface area contributed by atoms with E-state index in [1.165, 1.54) is 32.1 Å². The summed E-state index contributed by atoms with van der Waals surface area (Å²) in [6.45, 7) is 4.85. The average molecular weight is 249 g/mol. The molecule has 0 aliphatic heterocycles. The molecule has 1 heterocycles. The molecule has 2 unspecified atom stereocenters. The van der Waals surface area contributed by atoms with Gasteiger partial charge in [-0.2, -0.15) is 0 Å². The second-order valence-electron chi connectivity index (χ2n) is 6.43. The molecule has 94 valence electrons. The SMILES string of the molecule is CC1(C)CCCC1NC(c1cccs1)C1CC1. The Hall–Kier alpha value is -0.340. The van der Waals surface area contributed by atoms with E-state index in [0.717, 1.165) is 12.0 Å². The van der Waals surface area contributed by atoms with Gasteiger partial charge in [-0.3, -0.25) is 0 Å². The average Bonchev–Trinajstić information content (AvgIpc) is 2.85. The predicted molar refractivity (Wildman–Crippen MR) is 74.3 cm³/mol. The number of thiophene rings is 1. The lowest BCUT2D eigenvalue weighted by Gasteiger charge is -2.32. The molecule has 2 saturated carbocycles. The van der Waals surface area contributed by atoms with E-state index in [4.69, 9.17) is 0 Å². The Labute approximate surface area is 109 Å². The van der Waals surface area contributed by atoms with Gasteiger partial charge in [-0.15, -0.1) is 11.3 Å². The van der Waals surface area contributed by atoms with Crippen molar-refractivity contribution in [2.24, 2.45) is 11.3 Å². The summed E-state index contributed by atoms with van der Waals surface area (Å²) in [6, 6.07) is 5.85. The molecule has 0 aromatic carbocycles. The Morgan fingerprint density at radius 3 is 2.71 bits per heavy atom. The van der Waals surface area contributed by atoms with Crippen LogP contribution in [0.1, 0.15) is 56.9 Å². The normalized spacial score (nSPS) is 29.4. The second kappa shape index (κ2) is 4.40. The van der Waals surface area contributed by atoms with Gasteiger partial charge in [0.1, 0.15) is 0 Å². The summed E-state index contributed by atoms with van der Waals surface area (Å²) in [5.41, 5.74) is 0.490. The van der Waals surface area contributed by atoms with Crippen molar-refractivity contribution >= 4 is 11.3 Å². The van der Waals surface area contributed by atoms with E-state index in [1.54, 1.807) is 4.88 Å². The van der Waals surface area contributed by atoms with E-state index in [0.29, 0.717) is 11.5 Å². The Bertz CT molecular complexity index is 364. The molecule has 2 aliphatic carbocycles. The lowest BCUT2D eigenvalue weighted by Crippen LogP contribution is -2.40. The van der Waals surface area contributed by atoms with Gasteiger partial charge in [-0.1, -0.05) is 26.3 Å². The Kier molecular flexibility index (Phi) is 3.04. The molecule has 0 radical (unpaired) electrons. The highest BCUT2D eigenvalue weighted by Crippen LogP contribution is 2.45. The molecule has 0 saturated heterocycles. The minimum Gasteiger partial charge on any atom is -0.306 e. The zero-order valence-electron chi connectivity index (χ0n) is 10.9. The second-order valence-corrected chi connectivity index (χ2v) is 7.41. The predicted octanol–water partition coefficient (Wildman–Crippen LogP) is 4.37. The maximum absolute atomic E-state index is 3.98. The van der Waals surface area contributed by atoms with Gasteiger partial charge in [0.15, 0.2) is 0 Å². The van der Waals surface area contributed by atoms with E-state index in [2.05, 4.69) is 36.7 Å². The summed E-state index contributed by atoms with van der Waals surface area (Å²) in [4.78, 5) is 1.55. The summed E-state index contributed by atoms with van der Waals surface area (Å²) in [5, 5.41) is 6.20. The van der Waals surface area contributed by atoms with Crippen LogP contribution in [0.4, 0.5) is 0 Å². The third-order valence-corrected chi connectivity index (χ3v) is 5.54. The van der Waals surface area contributed by atoms with E-state index < -0.39 is 0 Å². The van der Waals surface area contributed by atoms with E-state index in [9.17, 15) is 0 Å². The molecule has 1 aromatic heterocycles. The highest BCUT2D eigenvalue weighted by molar-refractivity contribution is 7.10. The van der Waals surface area contributed by atoms with Crippen LogP contribution in [-0.4, -0.2) is 6.04 Å². The third kappa shape index (κ3) is 2.43. The number of nitrogens with one attached hydrogen (secondary N) is 1. The molecule has 1 nitrogen and oxygen atoms in total. The lowest BCUT2D eigenvalue weighted by atomic mass is 9.86. The molecular formula is C15H23NS. The standard InChI is InChI=1S/C15H23NS/c1-15(2)9-3-6-13(15)16-14(11-7-8-11)12-5-4-10-17-12/h4-5,10-11,13-14,16H,3,6-9H2,1-2H3. The largest absolute Gasteiger partial charge is 0.306 e. The molecule has 2 aliphatic rings. The molecule has 2 atom stereocenters. The van der Waals surface area contributed by atoms with Crippen LogP contribution in [0.2, 0.25) is 0 Å². The fourth-order valence-electron chi connectivity index (χ4n) is 3.20. The van der Waals surface area contributed by atoms with Gasteiger partial charge in [0.25, 0.3) is 0 Å². The first-order valence-electron chi connectivity index (χ1n) is 6.96. The van der Waals surface area contributed by atoms with Gasteiger partial charge in [-0.25, -0.2) is 0 Å². The first kappa shape index (κ1) is 11.7. The van der Waals surface area contributed by atoms with Crippen molar-refractivity contribution in [1.82, 2.24) is 5.32 Å². The van der Waals surface area contributed by atoms with Gasteiger partial charge < -0.3 is 5.32 Å². The van der Waals surface area contributed by atoms with Crippen LogP contribution in [-0.2, 0) is 0 Å². The molecule has 0 spiro atoms. The van der Waals surface area contributed by atoms with Gasteiger partial charge in [0, 0.05) is 17.0 Å². The molecule has 2 heteroatoms. The summed E-state index contributed by atoms with van der Waals surface area (Å²) >= 11 is 1.92. The number of hydrogen-bond acceptors (Lipinski definition) is 2. The van der Waals surface area contributed by atoms with Crippen molar-refractivity contribution in [3.63, 3.8) is 0 Å². The van der Waals surface area contributed by atoms with E-state index in [-0.39, 0.29) is 0 Å². The molecule has 17 heavy (non-hydrogen) atoms. The van der Waals surface area contributed by atoms with Crippen LogP contribution in [0.5, 0.6) is 0 Å². The molecule has 3 rings (SSSR count). The van der Waals surface area contributed by atoms with Gasteiger partial charge >= 0.3 is 0 Å². The molecule has 0 amide bonds. The van der Waals surface area contributed by atoms with E-state index in [1.807, 2.05) is 11.3 Å². The van der Waals surface area contributed by atoms with Crippen LogP contribution in [0, 0.1) is 11.3 Å². The van der Waals surface area contributed by atoms with E-state index >= 15 is 0 Å². The topological polar surface area (TPSA) is 12.0 Å². The molecular weight excluding hydrogens is 226 g/mol. The van der Waals surface area contributed by atoms with Gasteiger partial charge in [0.05, 0.1) is 0 Å². The van der Waals surface area contributed by atoms with Crippen LogP contribution in [0.3, 0.4) is 0 Å². The number of hydrogen-bond donors (Lipinski definition) is 1. The summed E-state index contributed by atoms with van der Waals surface area (Å²) in [5.74, 6) is 0.907. The quantitative estimate of drug-likeness (QED) is 0.835.